The highest BCUT2D eigenvalue weighted by Gasteiger charge is 2.30. The van der Waals surface area contributed by atoms with Gasteiger partial charge in [-0.2, -0.15) is 18.4 Å². The van der Waals surface area contributed by atoms with Crippen LogP contribution in [-0.2, 0) is 11.0 Å². The first kappa shape index (κ1) is 12.8. The molecule has 4 nitrogen and oxygen atoms in total. The molecule has 0 unspecified atom stereocenters. The monoisotopic (exact) mass is 243 g/mol. The Morgan fingerprint density at radius 2 is 2.12 bits per heavy atom. The van der Waals surface area contributed by atoms with Crippen molar-refractivity contribution in [2.24, 2.45) is 0 Å². The van der Waals surface area contributed by atoms with Gasteiger partial charge in [0.15, 0.2) is 0 Å². The first-order valence-electron chi connectivity index (χ1n) is 4.48. The van der Waals surface area contributed by atoms with Gasteiger partial charge in [0.1, 0.15) is 6.42 Å². The second kappa shape index (κ2) is 4.74. The van der Waals surface area contributed by atoms with E-state index in [-0.39, 0.29) is 17.8 Å². The van der Waals surface area contributed by atoms with E-state index in [0.717, 1.165) is 18.2 Å². The molecule has 0 aliphatic rings. The summed E-state index contributed by atoms with van der Waals surface area (Å²) in [6.45, 7) is 0. The normalized spacial score (nSPS) is 10.7. The number of halogens is 3. The number of rotatable bonds is 2. The van der Waals surface area contributed by atoms with Crippen LogP contribution in [0.1, 0.15) is 12.0 Å². The molecule has 90 valence electrons. The molecular weight excluding hydrogens is 235 g/mol. The molecule has 0 saturated heterocycles. The Hall–Kier alpha value is -2.23. The molecule has 1 aromatic rings. The van der Waals surface area contributed by atoms with Crippen LogP contribution in [-0.4, -0.2) is 5.91 Å². The van der Waals surface area contributed by atoms with E-state index in [1.807, 2.05) is 0 Å². The standard InChI is InChI=1S/C10H8F3N3O/c11-10(12,13)6-1-2-8(7(15)5-6)16-9(17)3-4-14/h1-2,5H,3,15H2,(H,16,17). The summed E-state index contributed by atoms with van der Waals surface area (Å²) in [5.74, 6) is -0.626. The summed E-state index contributed by atoms with van der Waals surface area (Å²) in [5, 5.41) is 10.5. The third-order valence-electron chi connectivity index (χ3n) is 1.89. The Morgan fingerprint density at radius 3 is 2.59 bits per heavy atom. The fourth-order valence-corrected chi connectivity index (χ4v) is 1.12. The summed E-state index contributed by atoms with van der Waals surface area (Å²) in [6.07, 6.45) is -4.87. The van der Waals surface area contributed by atoms with E-state index < -0.39 is 17.6 Å². The molecular formula is C10H8F3N3O. The van der Waals surface area contributed by atoms with Crippen LogP contribution in [0.4, 0.5) is 24.5 Å². The highest BCUT2D eigenvalue weighted by molar-refractivity contribution is 5.94. The van der Waals surface area contributed by atoms with Crippen molar-refractivity contribution in [3.8, 4) is 6.07 Å². The van der Waals surface area contributed by atoms with Gasteiger partial charge in [-0.25, -0.2) is 0 Å². The van der Waals surface area contributed by atoms with Gasteiger partial charge in [0.05, 0.1) is 23.0 Å². The van der Waals surface area contributed by atoms with E-state index in [4.69, 9.17) is 11.0 Å². The van der Waals surface area contributed by atoms with Gasteiger partial charge >= 0.3 is 6.18 Å². The SMILES string of the molecule is N#CCC(=O)Nc1ccc(C(F)(F)F)cc1N. The molecule has 0 bridgehead atoms. The Balaban J connectivity index is 2.92. The lowest BCUT2D eigenvalue weighted by Gasteiger charge is -2.11. The van der Waals surface area contributed by atoms with Crippen LogP contribution in [0.15, 0.2) is 18.2 Å². The molecule has 0 atom stereocenters. The highest BCUT2D eigenvalue weighted by Crippen LogP contribution is 2.32. The molecule has 0 aliphatic carbocycles. The number of nitriles is 1. The largest absolute Gasteiger partial charge is 0.416 e. The van der Waals surface area contributed by atoms with E-state index >= 15 is 0 Å². The van der Waals surface area contributed by atoms with Crippen molar-refractivity contribution in [3.63, 3.8) is 0 Å². The number of benzene rings is 1. The number of nitrogens with two attached hydrogens (primary N) is 1. The van der Waals surface area contributed by atoms with Gasteiger partial charge in [-0.15, -0.1) is 0 Å². The molecule has 1 aromatic carbocycles. The van der Waals surface area contributed by atoms with Crippen LogP contribution in [0.25, 0.3) is 0 Å². The number of amides is 1. The fraction of sp³-hybridized carbons (Fsp3) is 0.200. The van der Waals surface area contributed by atoms with E-state index in [1.165, 1.54) is 0 Å². The molecule has 0 spiro atoms. The molecule has 7 heteroatoms. The van der Waals surface area contributed by atoms with Gasteiger partial charge in [-0.05, 0) is 18.2 Å². The summed E-state index contributed by atoms with van der Waals surface area (Å²) in [5.41, 5.74) is 4.32. The number of nitrogen functional groups attached to an aromatic ring is 1. The van der Waals surface area contributed by atoms with E-state index in [2.05, 4.69) is 5.32 Å². The number of hydrogen-bond donors (Lipinski definition) is 2. The van der Waals surface area contributed by atoms with Gasteiger partial charge in [0.25, 0.3) is 0 Å². The maximum absolute atomic E-state index is 12.3. The zero-order chi connectivity index (χ0) is 13.1. The predicted octanol–water partition coefficient (Wildman–Crippen LogP) is 2.14. The predicted molar refractivity (Wildman–Crippen MR) is 54.7 cm³/mol. The lowest BCUT2D eigenvalue weighted by molar-refractivity contribution is -0.137. The number of hydrogen-bond acceptors (Lipinski definition) is 3. The molecule has 1 rings (SSSR count). The van der Waals surface area contributed by atoms with Crippen molar-refractivity contribution in [3.05, 3.63) is 23.8 Å². The van der Waals surface area contributed by atoms with Crippen LogP contribution in [0.2, 0.25) is 0 Å². The summed E-state index contributed by atoms with van der Waals surface area (Å²) >= 11 is 0. The van der Waals surface area contributed by atoms with Crippen molar-refractivity contribution in [1.82, 2.24) is 0 Å². The van der Waals surface area contributed by atoms with E-state index in [9.17, 15) is 18.0 Å². The Bertz CT molecular complexity index is 477. The molecule has 3 N–H and O–H groups in total. The number of alkyl halides is 3. The van der Waals surface area contributed by atoms with Crippen LogP contribution < -0.4 is 11.1 Å². The molecule has 17 heavy (non-hydrogen) atoms. The van der Waals surface area contributed by atoms with Gasteiger partial charge in [-0.1, -0.05) is 0 Å². The Labute approximate surface area is 94.8 Å². The first-order valence-corrected chi connectivity index (χ1v) is 4.48. The maximum atomic E-state index is 12.3. The minimum atomic E-state index is -4.48. The van der Waals surface area contributed by atoms with Crippen molar-refractivity contribution in [2.75, 3.05) is 11.1 Å². The summed E-state index contributed by atoms with van der Waals surface area (Å²) in [4.78, 5) is 11.0. The second-order valence-electron chi connectivity index (χ2n) is 3.18. The molecule has 1 amide bonds. The molecule has 0 radical (unpaired) electrons. The van der Waals surface area contributed by atoms with E-state index in [1.54, 1.807) is 6.07 Å². The Morgan fingerprint density at radius 1 is 1.47 bits per heavy atom. The minimum Gasteiger partial charge on any atom is -0.397 e. The van der Waals surface area contributed by atoms with Crippen LogP contribution in [0.5, 0.6) is 0 Å². The summed E-state index contributed by atoms with van der Waals surface area (Å²) in [6, 6.07) is 4.19. The molecule has 0 aliphatic heterocycles. The number of nitrogens with one attached hydrogen (secondary N) is 1. The maximum Gasteiger partial charge on any atom is 0.416 e. The van der Waals surface area contributed by atoms with Crippen LogP contribution in [0, 0.1) is 11.3 Å². The molecule has 0 aromatic heterocycles. The molecule has 0 saturated carbocycles. The smallest absolute Gasteiger partial charge is 0.397 e. The fourth-order valence-electron chi connectivity index (χ4n) is 1.12. The van der Waals surface area contributed by atoms with Gasteiger partial charge in [-0.3, -0.25) is 4.79 Å². The quantitative estimate of drug-likeness (QED) is 0.781. The van der Waals surface area contributed by atoms with Crippen molar-refractivity contribution in [1.29, 1.82) is 5.26 Å². The second-order valence-corrected chi connectivity index (χ2v) is 3.18. The van der Waals surface area contributed by atoms with Gasteiger partial charge in [0, 0.05) is 0 Å². The lowest BCUT2D eigenvalue weighted by atomic mass is 10.1. The molecule has 0 fully saturated rings. The highest BCUT2D eigenvalue weighted by atomic mass is 19.4. The summed E-state index contributed by atoms with van der Waals surface area (Å²) in [7, 11) is 0. The number of carbonyl (C=O) groups excluding carboxylic acids is 1. The zero-order valence-electron chi connectivity index (χ0n) is 8.51. The van der Waals surface area contributed by atoms with Crippen LogP contribution in [0.3, 0.4) is 0 Å². The van der Waals surface area contributed by atoms with Gasteiger partial charge < -0.3 is 11.1 Å². The van der Waals surface area contributed by atoms with Crippen molar-refractivity contribution >= 4 is 17.3 Å². The van der Waals surface area contributed by atoms with Crippen LogP contribution >= 0.6 is 0 Å². The van der Waals surface area contributed by atoms with Crippen molar-refractivity contribution in [2.45, 2.75) is 12.6 Å². The van der Waals surface area contributed by atoms with E-state index in [0.29, 0.717) is 0 Å². The summed E-state index contributed by atoms with van der Waals surface area (Å²) < 4.78 is 36.9. The zero-order valence-corrected chi connectivity index (χ0v) is 8.51. The number of carbonyl (C=O) groups is 1. The van der Waals surface area contributed by atoms with Crippen molar-refractivity contribution < 1.29 is 18.0 Å². The third-order valence-corrected chi connectivity index (χ3v) is 1.89. The number of nitrogens with zero attached hydrogens (tertiary/aromatic N) is 1. The average Bonchev–Trinajstić information content (AvgIpc) is 2.20. The van der Waals surface area contributed by atoms with Gasteiger partial charge in [0.2, 0.25) is 5.91 Å². The Kier molecular flexibility index (Phi) is 3.58. The lowest BCUT2D eigenvalue weighted by Crippen LogP contribution is -2.13. The first-order chi connectivity index (χ1) is 7.84. The third kappa shape index (κ3) is 3.38. The molecule has 0 heterocycles. The topological polar surface area (TPSA) is 78.9 Å². The average molecular weight is 243 g/mol. The number of anilines is 2. The minimum absolute atomic E-state index is 0.0539.